The molecule has 0 bridgehead atoms. The second-order valence-electron chi connectivity index (χ2n) is 8.19. The summed E-state index contributed by atoms with van der Waals surface area (Å²) in [7, 11) is 0. The summed E-state index contributed by atoms with van der Waals surface area (Å²) in [5.74, 6) is -2.71. The van der Waals surface area contributed by atoms with Crippen LogP contribution in [0.25, 0.3) is 10.9 Å². The van der Waals surface area contributed by atoms with Crippen molar-refractivity contribution in [2.45, 2.75) is 51.3 Å². The first-order chi connectivity index (χ1) is 13.5. The van der Waals surface area contributed by atoms with Gasteiger partial charge in [-0.05, 0) is 45.7 Å². The highest BCUT2D eigenvalue weighted by molar-refractivity contribution is 5.93. The van der Waals surface area contributed by atoms with Gasteiger partial charge in [-0.25, -0.2) is 9.18 Å². The van der Waals surface area contributed by atoms with Crippen LogP contribution in [0.4, 0.5) is 10.1 Å². The minimum atomic E-state index is -1.35. The SMILES string of the molecule is CC(C)(C)OC(=O)C(N)CNc1cc2c(cc1F)c(=O)c(C(=O)O)cn2C1CC1. The van der Waals surface area contributed by atoms with Crippen LogP contribution in [-0.4, -0.2) is 39.8 Å². The Morgan fingerprint density at radius 1 is 1.38 bits per heavy atom. The molecule has 9 heteroatoms. The maximum Gasteiger partial charge on any atom is 0.341 e. The van der Waals surface area contributed by atoms with Gasteiger partial charge in [0, 0.05) is 24.2 Å². The number of carbonyl (C=O) groups is 2. The summed E-state index contributed by atoms with van der Waals surface area (Å²) in [4.78, 5) is 35.8. The Morgan fingerprint density at radius 3 is 2.59 bits per heavy atom. The molecule has 1 saturated carbocycles. The van der Waals surface area contributed by atoms with Crippen molar-refractivity contribution in [2.75, 3.05) is 11.9 Å². The summed E-state index contributed by atoms with van der Waals surface area (Å²) < 4.78 is 21.5. The summed E-state index contributed by atoms with van der Waals surface area (Å²) >= 11 is 0. The zero-order valence-corrected chi connectivity index (χ0v) is 16.5. The van der Waals surface area contributed by atoms with Crippen molar-refractivity contribution < 1.29 is 23.8 Å². The number of halogens is 1. The van der Waals surface area contributed by atoms with Gasteiger partial charge < -0.3 is 25.5 Å². The maximum absolute atomic E-state index is 14.6. The van der Waals surface area contributed by atoms with Gasteiger partial charge in [-0.3, -0.25) is 9.59 Å². The Kier molecular flexibility index (Phi) is 5.36. The number of benzene rings is 1. The van der Waals surface area contributed by atoms with E-state index in [1.165, 1.54) is 12.3 Å². The molecular formula is C20H24FN3O5. The third-order valence-electron chi connectivity index (χ3n) is 4.51. The molecule has 156 valence electrons. The van der Waals surface area contributed by atoms with E-state index in [1.54, 1.807) is 25.3 Å². The minimum absolute atomic E-state index is 0.00343. The van der Waals surface area contributed by atoms with E-state index in [9.17, 15) is 23.9 Å². The quantitative estimate of drug-likeness (QED) is 0.630. The molecule has 1 heterocycles. The van der Waals surface area contributed by atoms with Crippen LogP contribution in [0.1, 0.15) is 50.0 Å². The second kappa shape index (κ2) is 7.47. The number of aromatic carboxylic acids is 1. The number of fused-ring (bicyclic) bond motifs is 1. The number of carboxylic acid groups (broad SMARTS) is 1. The zero-order valence-electron chi connectivity index (χ0n) is 16.5. The fraction of sp³-hybridized carbons (Fsp3) is 0.450. The Hall–Kier alpha value is -2.94. The van der Waals surface area contributed by atoms with Gasteiger partial charge in [-0.1, -0.05) is 0 Å². The van der Waals surface area contributed by atoms with Crippen LogP contribution in [-0.2, 0) is 9.53 Å². The van der Waals surface area contributed by atoms with Crippen molar-refractivity contribution in [3.8, 4) is 0 Å². The van der Waals surface area contributed by atoms with Crippen LogP contribution in [0.3, 0.4) is 0 Å². The van der Waals surface area contributed by atoms with Gasteiger partial charge in [0.15, 0.2) is 0 Å². The van der Waals surface area contributed by atoms with E-state index in [-0.39, 0.29) is 23.7 Å². The maximum atomic E-state index is 14.6. The number of hydrogen-bond acceptors (Lipinski definition) is 6. The number of nitrogens with one attached hydrogen (secondary N) is 1. The number of rotatable bonds is 6. The van der Waals surface area contributed by atoms with Crippen LogP contribution in [0.15, 0.2) is 23.1 Å². The van der Waals surface area contributed by atoms with Crippen LogP contribution >= 0.6 is 0 Å². The third kappa shape index (κ3) is 4.56. The molecule has 0 amide bonds. The molecule has 1 aromatic carbocycles. The third-order valence-corrected chi connectivity index (χ3v) is 4.51. The number of carbonyl (C=O) groups excluding carboxylic acids is 1. The lowest BCUT2D eigenvalue weighted by molar-refractivity contribution is -0.156. The predicted molar refractivity (Wildman–Crippen MR) is 106 cm³/mol. The van der Waals surface area contributed by atoms with Crippen molar-refractivity contribution >= 4 is 28.5 Å². The Balaban J connectivity index is 1.92. The average Bonchev–Trinajstić information content (AvgIpc) is 3.43. The van der Waals surface area contributed by atoms with E-state index in [2.05, 4.69) is 5.32 Å². The number of nitrogens with two attached hydrogens (primary N) is 1. The molecule has 0 spiro atoms. The molecule has 0 aliphatic heterocycles. The lowest BCUT2D eigenvalue weighted by Crippen LogP contribution is -2.42. The molecule has 4 N–H and O–H groups in total. The fourth-order valence-electron chi connectivity index (χ4n) is 2.99. The number of aromatic nitrogens is 1. The lowest BCUT2D eigenvalue weighted by Gasteiger charge is -2.22. The van der Waals surface area contributed by atoms with Gasteiger partial charge in [0.2, 0.25) is 5.43 Å². The van der Waals surface area contributed by atoms with E-state index in [4.69, 9.17) is 10.5 Å². The predicted octanol–water partition coefficient (Wildman–Crippen LogP) is 2.25. The largest absolute Gasteiger partial charge is 0.477 e. The number of carboxylic acids is 1. The standard InChI is InChI=1S/C20H24FN3O5/c1-20(2,3)29-19(28)14(22)8-23-15-7-16-11(6-13(15)21)17(25)12(18(26)27)9-24(16)10-4-5-10/h6-7,9-10,14,23H,4-5,8,22H2,1-3H3,(H,26,27). The van der Waals surface area contributed by atoms with E-state index in [0.717, 1.165) is 18.9 Å². The van der Waals surface area contributed by atoms with Crippen LogP contribution < -0.4 is 16.5 Å². The fourth-order valence-corrected chi connectivity index (χ4v) is 2.99. The first-order valence-electron chi connectivity index (χ1n) is 9.32. The Bertz CT molecular complexity index is 1040. The molecule has 1 atom stereocenters. The summed E-state index contributed by atoms with van der Waals surface area (Å²) in [6.45, 7) is 5.09. The van der Waals surface area contributed by atoms with Gasteiger partial charge in [0.05, 0.1) is 11.2 Å². The lowest BCUT2D eigenvalue weighted by atomic mass is 10.1. The summed E-state index contributed by atoms with van der Waals surface area (Å²) in [5, 5.41) is 12.1. The normalized spacial score (nSPS) is 15.2. The van der Waals surface area contributed by atoms with Crippen LogP contribution in [0.5, 0.6) is 0 Å². The summed E-state index contributed by atoms with van der Waals surface area (Å²) in [5.41, 5.74) is 4.49. The van der Waals surface area contributed by atoms with Gasteiger partial charge in [-0.2, -0.15) is 0 Å². The zero-order chi connectivity index (χ0) is 21.5. The average molecular weight is 405 g/mol. The van der Waals surface area contributed by atoms with E-state index in [0.29, 0.717) is 5.52 Å². The minimum Gasteiger partial charge on any atom is -0.477 e. The van der Waals surface area contributed by atoms with Crippen molar-refractivity contribution in [1.82, 2.24) is 4.57 Å². The van der Waals surface area contributed by atoms with Crippen molar-refractivity contribution in [1.29, 1.82) is 0 Å². The molecule has 2 aromatic rings. The van der Waals surface area contributed by atoms with Crippen molar-refractivity contribution in [3.63, 3.8) is 0 Å². The topological polar surface area (TPSA) is 124 Å². The highest BCUT2D eigenvalue weighted by Crippen LogP contribution is 2.37. The van der Waals surface area contributed by atoms with Crippen LogP contribution in [0, 0.1) is 5.82 Å². The smallest absolute Gasteiger partial charge is 0.341 e. The van der Waals surface area contributed by atoms with Gasteiger partial charge in [0.25, 0.3) is 0 Å². The van der Waals surface area contributed by atoms with E-state index < -0.39 is 40.4 Å². The summed E-state index contributed by atoms with van der Waals surface area (Å²) in [6, 6.07) is 1.52. The number of anilines is 1. The number of ether oxygens (including phenoxy) is 1. The number of hydrogen-bond donors (Lipinski definition) is 3. The molecule has 1 aliphatic rings. The van der Waals surface area contributed by atoms with Gasteiger partial charge in [0.1, 0.15) is 23.0 Å². The molecule has 1 aliphatic carbocycles. The van der Waals surface area contributed by atoms with Crippen LogP contribution in [0.2, 0.25) is 0 Å². The van der Waals surface area contributed by atoms with Gasteiger partial charge in [-0.15, -0.1) is 0 Å². The molecule has 1 aromatic heterocycles. The molecule has 0 saturated heterocycles. The molecule has 1 unspecified atom stereocenters. The highest BCUT2D eigenvalue weighted by Gasteiger charge is 2.28. The number of nitrogens with zero attached hydrogens (tertiary/aromatic N) is 1. The number of pyridine rings is 1. The molecule has 29 heavy (non-hydrogen) atoms. The van der Waals surface area contributed by atoms with E-state index in [1.807, 2.05) is 0 Å². The monoisotopic (exact) mass is 405 g/mol. The first-order valence-corrected chi connectivity index (χ1v) is 9.32. The summed E-state index contributed by atoms with van der Waals surface area (Å²) in [6.07, 6.45) is 3.00. The molecule has 8 nitrogen and oxygen atoms in total. The van der Waals surface area contributed by atoms with Crippen molar-refractivity contribution in [3.05, 3.63) is 39.9 Å². The second-order valence-corrected chi connectivity index (χ2v) is 8.19. The molecular weight excluding hydrogens is 381 g/mol. The van der Waals surface area contributed by atoms with E-state index >= 15 is 0 Å². The molecule has 1 fully saturated rings. The Labute approximate surface area is 166 Å². The van der Waals surface area contributed by atoms with Gasteiger partial charge >= 0.3 is 11.9 Å². The Morgan fingerprint density at radius 2 is 2.03 bits per heavy atom. The highest BCUT2D eigenvalue weighted by atomic mass is 19.1. The molecule has 0 radical (unpaired) electrons. The van der Waals surface area contributed by atoms with Crippen molar-refractivity contribution in [2.24, 2.45) is 5.73 Å². The molecule has 3 rings (SSSR count). The number of esters is 1. The first kappa shape index (κ1) is 20.8.